The number of fused-ring (bicyclic) bond motifs is 1. The van der Waals surface area contributed by atoms with Crippen molar-refractivity contribution in [2.75, 3.05) is 20.1 Å². The zero-order chi connectivity index (χ0) is 18.5. The SMILES string of the molecule is Cc1ncsc1CCCNC(=O)N(C)CCc1nc2c(C)cccc2[nH]1. The molecule has 0 saturated heterocycles. The van der Waals surface area contributed by atoms with Crippen LogP contribution in [0.4, 0.5) is 4.79 Å². The highest BCUT2D eigenvalue weighted by Gasteiger charge is 2.10. The van der Waals surface area contributed by atoms with Gasteiger partial charge in [-0.25, -0.2) is 14.8 Å². The number of carbonyl (C=O) groups excluding carboxylic acids is 1. The van der Waals surface area contributed by atoms with Crippen molar-refractivity contribution in [1.82, 2.24) is 25.2 Å². The maximum absolute atomic E-state index is 12.2. The molecule has 0 aliphatic rings. The fraction of sp³-hybridized carbons (Fsp3) is 0.421. The van der Waals surface area contributed by atoms with E-state index in [1.54, 1.807) is 16.2 Å². The molecule has 2 aromatic heterocycles. The standard InChI is InChI=1S/C19H25N5OS/c1-13-6-4-7-15-18(13)23-17(22-15)9-11-24(3)19(25)20-10-5-8-16-14(2)21-12-26-16/h4,6-7,12H,5,8-11H2,1-3H3,(H,20,25)(H,22,23). The van der Waals surface area contributed by atoms with Gasteiger partial charge in [0.15, 0.2) is 0 Å². The van der Waals surface area contributed by atoms with Gasteiger partial charge < -0.3 is 15.2 Å². The van der Waals surface area contributed by atoms with E-state index in [0.717, 1.165) is 41.0 Å². The van der Waals surface area contributed by atoms with Crippen LogP contribution in [-0.4, -0.2) is 46.0 Å². The number of imidazole rings is 1. The van der Waals surface area contributed by atoms with Crippen molar-refractivity contribution in [1.29, 1.82) is 0 Å². The van der Waals surface area contributed by atoms with Gasteiger partial charge in [-0.2, -0.15) is 0 Å². The Labute approximate surface area is 157 Å². The number of carbonyl (C=O) groups is 1. The van der Waals surface area contributed by atoms with Crippen LogP contribution in [0.2, 0.25) is 0 Å². The molecule has 0 bridgehead atoms. The monoisotopic (exact) mass is 371 g/mol. The van der Waals surface area contributed by atoms with Crippen molar-refractivity contribution in [2.24, 2.45) is 0 Å². The van der Waals surface area contributed by atoms with Gasteiger partial charge >= 0.3 is 6.03 Å². The van der Waals surface area contributed by atoms with E-state index in [9.17, 15) is 4.79 Å². The second-order valence-electron chi connectivity index (χ2n) is 6.52. The number of urea groups is 1. The molecular weight excluding hydrogens is 346 g/mol. The number of H-pyrrole nitrogens is 1. The highest BCUT2D eigenvalue weighted by molar-refractivity contribution is 7.09. The van der Waals surface area contributed by atoms with Crippen molar-refractivity contribution in [3.8, 4) is 0 Å². The Balaban J connectivity index is 1.42. The highest BCUT2D eigenvalue weighted by atomic mass is 32.1. The Morgan fingerprint density at radius 2 is 2.15 bits per heavy atom. The van der Waals surface area contributed by atoms with Crippen LogP contribution >= 0.6 is 11.3 Å². The first-order chi connectivity index (χ1) is 12.5. The number of hydrogen-bond acceptors (Lipinski definition) is 4. The summed E-state index contributed by atoms with van der Waals surface area (Å²) in [6.45, 7) is 5.38. The smallest absolute Gasteiger partial charge is 0.317 e. The fourth-order valence-electron chi connectivity index (χ4n) is 2.87. The first kappa shape index (κ1) is 18.4. The fourth-order valence-corrected chi connectivity index (χ4v) is 3.69. The van der Waals surface area contributed by atoms with Gasteiger partial charge in [0.1, 0.15) is 5.82 Å². The zero-order valence-corrected chi connectivity index (χ0v) is 16.3. The van der Waals surface area contributed by atoms with E-state index in [-0.39, 0.29) is 6.03 Å². The molecule has 3 rings (SSSR count). The summed E-state index contributed by atoms with van der Waals surface area (Å²) in [5.74, 6) is 0.912. The number of aromatic amines is 1. The van der Waals surface area contributed by atoms with Crippen LogP contribution < -0.4 is 5.32 Å². The molecule has 0 atom stereocenters. The third-order valence-corrected chi connectivity index (χ3v) is 5.49. The van der Waals surface area contributed by atoms with Crippen LogP contribution in [0.3, 0.4) is 0 Å². The van der Waals surface area contributed by atoms with Gasteiger partial charge in [-0.3, -0.25) is 0 Å². The molecule has 138 valence electrons. The molecule has 26 heavy (non-hydrogen) atoms. The van der Waals surface area contributed by atoms with Gasteiger partial charge in [-0.05, 0) is 38.3 Å². The first-order valence-corrected chi connectivity index (χ1v) is 9.74. The second-order valence-corrected chi connectivity index (χ2v) is 7.46. The number of amides is 2. The van der Waals surface area contributed by atoms with Gasteiger partial charge in [0.25, 0.3) is 0 Å². The Morgan fingerprint density at radius 3 is 2.88 bits per heavy atom. The summed E-state index contributed by atoms with van der Waals surface area (Å²) in [4.78, 5) is 27.4. The Bertz CT molecular complexity index is 885. The number of rotatable bonds is 7. The van der Waals surface area contributed by atoms with Crippen molar-refractivity contribution in [2.45, 2.75) is 33.1 Å². The summed E-state index contributed by atoms with van der Waals surface area (Å²) >= 11 is 1.68. The van der Waals surface area contributed by atoms with E-state index in [1.165, 1.54) is 4.88 Å². The molecule has 0 spiro atoms. The quantitative estimate of drug-likeness (QED) is 0.625. The molecule has 2 amide bonds. The molecule has 2 heterocycles. The lowest BCUT2D eigenvalue weighted by molar-refractivity contribution is 0.209. The minimum Gasteiger partial charge on any atom is -0.342 e. The molecular formula is C19H25N5OS. The van der Waals surface area contributed by atoms with E-state index < -0.39 is 0 Å². The minimum atomic E-state index is -0.0432. The van der Waals surface area contributed by atoms with Crippen LogP contribution in [0.5, 0.6) is 0 Å². The largest absolute Gasteiger partial charge is 0.342 e. The van der Waals surface area contributed by atoms with Crippen LogP contribution in [0.1, 0.15) is 28.4 Å². The van der Waals surface area contributed by atoms with Gasteiger partial charge in [0.05, 0.1) is 22.2 Å². The maximum Gasteiger partial charge on any atom is 0.317 e. The Hall–Kier alpha value is -2.41. The van der Waals surface area contributed by atoms with E-state index in [1.807, 2.05) is 31.6 Å². The van der Waals surface area contributed by atoms with Crippen molar-refractivity contribution < 1.29 is 4.79 Å². The molecule has 0 aliphatic carbocycles. The average molecular weight is 372 g/mol. The highest BCUT2D eigenvalue weighted by Crippen LogP contribution is 2.16. The molecule has 3 aromatic rings. The molecule has 0 aliphatic heterocycles. The molecule has 0 unspecified atom stereocenters. The van der Waals surface area contributed by atoms with E-state index in [4.69, 9.17) is 0 Å². The van der Waals surface area contributed by atoms with E-state index >= 15 is 0 Å². The summed E-state index contributed by atoms with van der Waals surface area (Å²) < 4.78 is 0. The lowest BCUT2D eigenvalue weighted by atomic mass is 10.2. The van der Waals surface area contributed by atoms with Crippen molar-refractivity contribution in [3.63, 3.8) is 0 Å². The van der Waals surface area contributed by atoms with Gasteiger partial charge in [-0.1, -0.05) is 12.1 Å². The molecule has 0 radical (unpaired) electrons. The third kappa shape index (κ3) is 4.40. The summed E-state index contributed by atoms with van der Waals surface area (Å²) in [5.41, 5.74) is 6.18. The number of aromatic nitrogens is 3. The average Bonchev–Trinajstić information content (AvgIpc) is 3.23. The molecule has 1 aromatic carbocycles. The molecule has 0 fully saturated rings. The summed E-state index contributed by atoms with van der Waals surface area (Å²) in [6, 6.07) is 6.06. The van der Waals surface area contributed by atoms with Gasteiger partial charge in [0.2, 0.25) is 0 Å². The second kappa shape index (κ2) is 8.31. The van der Waals surface area contributed by atoms with Crippen LogP contribution in [0.25, 0.3) is 11.0 Å². The van der Waals surface area contributed by atoms with E-state index in [0.29, 0.717) is 19.5 Å². The number of likely N-dealkylation sites (N-methyl/N-ethyl adjacent to an activating group) is 1. The summed E-state index contributed by atoms with van der Waals surface area (Å²) in [6.07, 6.45) is 2.59. The lowest BCUT2D eigenvalue weighted by Gasteiger charge is -2.17. The van der Waals surface area contributed by atoms with Gasteiger partial charge in [0, 0.05) is 31.4 Å². The normalized spacial score (nSPS) is 11.0. The topological polar surface area (TPSA) is 73.9 Å². The first-order valence-electron chi connectivity index (χ1n) is 8.86. The number of thiazole rings is 1. The molecule has 2 N–H and O–H groups in total. The lowest BCUT2D eigenvalue weighted by Crippen LogP contribution is -2.38. The number of aryl methyl sites for hydroxylation is 3. The number of nitrogens with one attached hydrogen (secondary N) is 2. The summed E-state index contributed by atoms with van der Waals surface area (Å²) in [5, 5.41) is 2.98. The third-order valence-electron chi connectivity index (χ3n) is 4.50. The van der Waals surface area contributed by atoms with Crippen molar-refractivity contribution in [3.05, 3.63) is 45.7 Å². The van der Waals surface area contributed by atoms with E-state index in [2.05, 4.69) is 33.3 Å². The van der Waals surface area contributed by atoms with Crippen LogP contribution in [0.15, 0.2) is 23.7 Å². The van der Waals surface area contributed by atoms with Gasteiger partial charge in [-0.15, -0.1) is 11.3 Å². The number of benzene rings is 1. The number of para-hydroxylation sites is 1. The van der Waals surface area contributed by atoms with Crippen LogP contribution in [0, 0.1) is 13.8 Å². The predicted molar refractivity (Wildman–Crippen MR) is 106 cm³/mol. The molecule has 7 heteroatoms. The van der Waals surface area contributed by atoms with Crippen LogP contribution in [-0.2, 0) is 12.8 Å². The summed E-state index contributed by atoms with van der Waals surface area (Å²) in [7, 11) is 1.82. The molecule has 6 nitrogen and oxygen atoms in total. The maximum atomic E-state index is 12.2. The Kier molecular flexibility index (Phi) is 5.88. The number of nitrogens with zero attached hydrogens (tertiary/aromatic N) is 3. The molecule has 0 saturated carbocycles. The zero-order valence-electron chi connectivity index (χ0n) is 15.5. The Morgan fingerprint density at radius 1 is 1.31 bits per heavy atom. The number of hydrogen-bond donors (Lipinski definition) is 2. The minimum absolute atomic E-state index is 0.0432. The predicted octanol–water partition coefficient (Wildman–Crippen LogP) is 3.45. The van der Waals surface area contributed by atoms with Crippen molar-refractivity contribution >= 4 is 28.4 Å².